The van der Waals surface area contributed by atoms with Crippen LogP contribution >= 0.6 is 11.8 Å². The number of hydrogen-bond acceptors (Lipinski definition) is 7. The number of halogens is 1. The molecule has 0 radical (unpaired) electrons. The average Bonchev–Trinajstić information content (AvgIpc) is 3.40. The molecule has 2 aromatic carbocycles. The lowest BCUT2D eigenvalue weighted by Gasteiger charge is -2.14. The molecule has 0 saturated heterocycles. The number of thioether (sulfide) groups is 1. The van der Waals surface area contributed by atoms with Crippen molar-refractivity contribution in [1.29, 1.82) is 5.26 Å². The minimum absolute atomic E-state index is 0.125. The Labute approximate surface area is 221 Å². The van der Waals surface area contributed by atoms with Gasteiger partial charge in [-0.2, -0.15) is 5.26 Å². The molecule has 4 aromatic rings. The van der Waals surface area contributed by atoms with Gasteiger partial charge >= 0.3 is 0 Å². The summed E-state index contributed by atoms with van der Waals surface area (Å²) in [4.78, 5) is 9.13. The first-order valence-electron chi connectivity index (χ1n) is 11.9. The molecule has 0 bridgehead atoms. The van der Waals surface area contributed by atoms with Gasteiger partial charge in [0.2, 0.25) is 5.89 Å². The van der Waals surface area contributed by atoms with Crippen LogP contribution in [0.3, 0.4) is 0 Å². The van der Waals surface area contributed by atoms with Crippen LogP contribution in [0.2, 0.25) is 0 Å². The summed E-state index contributed by atoms with van der Waals surface area (Å²) in [7, 11) is 0. The Kier molecular flexibility index (Phi) is 12.0. The van der Waals surface area contributed by atoms with Crippen molar-refractivity contribution in [3.05, 3.63) is 88.7 Å². The summed E-state index contributed by atoms with van der Waals surface area (Å²) in [5.74, 6) is 0.508. The topological polar surface area (TPSA) is 103 Å². The third-order valence-corrected chi connectivity index (χ3v) is 6.19. The van der Waals surface area contributed by atoms with Crippen LogP contribution in [0, 0.1) is 37.9 Å². The van der Waals surface area contributed by atoms with Crippen molar-refractivity contribution >= 4 is 11.8 Å². The van der Waals surface area contributed by atoms with Crippen molar-refractivity contribution in [2.75, 3.05) is 13.2 Å². The van der Waals surface area contributed by atoms with Gasteiger partial charge in [0, 0.05) is 22.6 Å². The van der Waals surface area contributed by atoms with Crippen LogP contribution < -0.4 is 0 Å². The molecular weight excluding hydrogens is 489 g/mol. The van der Waals surface area contributed by atoms with E-state index in [1.54, 1.807) is 18.4 Å². The van der Waals surface area contributed by atoms with Crippen molar-refractivity contribution < 1.29 is 19.0 Å². The zero-order chi connectivity index (χ0) is 27.4. The summed E-state index contributed by atoms with van der Waals surface area (Å²) >= 11 is 1.44. The maximum absolute atomic E-state index is 13.5. The van der Waals surface area contributed by atoms with E-state index in [0.29, 0.717) is 33.5 Å². The Balaban J connectivity index is 0.000000733. The Hall–Kier alpha value is -3.51. The van der Waals surface area contributed by atoms with Gasteiger partial charge in [0.15, 0.2) is 0 Å². The van der Waals surface area contributed by atoms with Gasteiger partial charge in [-0.3, -0.25) is 0 Å². The van der Waals surface area contributed by atoms with Crippen LogP contribution in [0.5, 0.6) is 0 Å². The van der Waals surface area contributed by atoms with Crippen molar-refractivity contribution in [3.63, 3.8) is 0 Å². The molecular formula is C29H32FN3O3S. The van der Waals surface area contributed by atoms with Crippen LogP contribution in [0.25, 0.3) is 22.6 Å². The fourth-order valence-corrected chi connectivity index (χ4v) is 4.24. The molecule has 0 aliphatic heterocycles. The number of rotatable bonds is 6. The monoisotopic (exact) mass is 521 g/mol. The highest BCUT2D eigenvalue weighted by molar-refractivity contribution is 7.98. The first-order valence-corrected chi connectivity index (χ1v) is 12.9. The number of pyridine rings is 1. The van der Waals surface area contributed by atoms with Crippen LogP contribution in [-0.4, -0.2) is 33.4 Å². The van der Waals surface area contributed by atoms with E-state index in [9.17, 15) is 9.65 Å². The number of benzene rings is 2. The van der Waals surface area contributed by atoms with E-state index < -0.39 is 0 Å². The van der Waals surface area contributed by atoms with Crippen LogP contribution in [0.4, 0.5) is 4.39 Å². The third kappa shape index (κ3) is 7.99. The van der Waals surface area contributed by atoms with E-state index in [0.717, 1.165) is 22.4 Å². The number of nitrogens with zero attached hydrogens (tertiary/aromatic N) is 3. The summed E-state index contributed by atoms with van der Waals surface area (Å²) in [6.45, 7) is 9.74. The van der Waals surface area contributed by atoms with Crippen LogP contribution in [0.15, 0.2) is 64.2 Å². The second-order valence-corrected chi connectivity index (χ2v) is 8.71. The summed E-state index contributed by atoms with van der Waals surface area (Å²) in [6, 6.07) is 16.6. The highest BCUT2D eigenvalue weighted by Crippen LogP contribution is 2.35. The summed E-state index contributed by atoms with van der Waals surface area (Å²) in [5, 5.41) is 25.8. The van der Waals surface area contributed by atoms with E-state index in [4.69, 9.17) is 14.6 Å². The van der Waals surface area contributed by atoms with Crippen molar-refractivity contribution in [2.45, 2.75) is 45.4 Å². The zero-order valence-electron chi connectivity index (χ0n) is 21.7. The van der Waals surface area contributed by atoms with E-state index in [-0.39, 0.29) is 19.0 Å². The summed E-state index contributed by atoms with van der Waals surface area (Å²) in [6.07, 6.45) is 1.56. The molecule has 4 rings (SSSR count). The fourth-order valence-electron chi connectivity index (χ4n) is 3.33. The second-order valence-electron chi connectivity index (χ2n) is 7.75. The van der Waals surface area contributed by atoms with E-state index in [1.807, 2.05) is 58.9 Å². The number of aromatic nitrogens is 2. The Bertz CT molecular complexity index is 1330. The highest BCUT2D eigenvalue weighted by Gasteiger charge is 2.18. The number of aliphatic hydroxyl groups excluding tert-OH is 2. The molecule has 0 atom stereocenters. The molecule has 0 spiro atoms. The van der Waals surface area contributed by atoms with E-state index in [1.165, 1.54) is 29.5 Å². The molecule has 0 aliphatic carbocycles. The van der Waals surface area contributed by atoms with Gasteiger partial charge in [-0.15, -0.1) is 0 Å². The molecule has 0 aliphatic rings. The first-order chi connectivity index (χ1) is 17.9. The number of hydrogen-bond donors (Lipinski definition) is 2. The molecule has 2 aromatic heterocycles. The van der Waals surface area contributed by atoms with Gasteiger partial charge in [0.05, 0.1) is 24.5 Å². The van der Waals surface area contributed by atoms with Gasteiger partial charge in [0.25, 0.3) is 0 Å². The summed E-state index contributed by atoms with van der Waals surface area (Å²) in [5.41, 5.74) is 6.81. The largest absolute Gasteiger partial charge is 0.444 e. The van der Waals surface area contributed by atoms with Gasteiger partial charge in [0.1, 0.15) is 23.2 Å². The van der Waals surface area contributed by atoms with Crippen molar-refractivity contribution in [2.24, 2.45) is 0 Å². The fraction of sp³-hybridized carbons (Fsp3) is 0.276. The minimum Gasteiger partial charge on any atom is -0.444 e. The van der Waals surface area contributed by atoms with Crippen LogP contribution in [-0.2, 0) is 5.75 Å². The molecule has 0 fully saturated rings. The predicted molar refractivity (Wildman–Crippen MR) is 146 cm³/mol. The Morgan fingerprint density at radius 1 is 0.973 bits per heavy atom. The molecule has 194 valence electrons. The zero-order valence-corrected chi connectivity index (χ0v) is 22.6. The lowest BCUT2D eigenvalue weighted by molar-refractivity contribution is 0.186. The van der Waals surface area contributed by atoms with Gasteiger partial charge < -0.3 is 14.6 Å². The predicted octanol–water partition coefficient (Wildman–Crippen LogP) is 6.63. The summed E-state index contributed by atoms with van der Waals surface area (Å²) < 4.78 is 19.0. The highest BCUT2D eigenvalue weighted by atomic mass is 32.2. The molecule has 0 amide bonds. The molecule has 8 heteroatoms. The van der Waals surface area contributed by atoms with Crippen molar-refractivity contribution in [1.82, 2.24) is 9.97 Å². The molecule has 37 heavy (non-hydrogen) atoms. The maximum Gasteiger partial charge on any atom is 0.226 e. The molecule has 0 unspecified atom stereocenters. The second kappa shape index (κ2) is 14.9. The molecule has 2 heterocycles. The lowest BCUT2D eigenvalue weighted by atomic mass is 9.95. The molecule has 0 saturated carbocycles. The third-order valence-electron chi connectivity index (χ3n) is 5.18. The van der Waals surface area contributed by atoms with Crippen LogP contribution in [0.1, 0.15) is 41.9 Å². The quantitative estimate of drug-likeness (QED) is 0.275. The Morgan fingerprint density at radius 3 is 2.24 bits per heavy atom. The number of aryl methyl sites for hydroxylation is 2. The SMILES string of the molecule is CC.Cc1ccc(-c2c(C)c(C)nc(SCc3coc(-c4cccc(F)c4)n3)c2C#N)cc1.OCCO. The smallest absolute Gasteiger partial charge is 0.226 e. The normalized spacial score (nSPS) is 10.0. The van der Waals surface area contributed by atoms with Gasteiger partial charge in [-0.1, -0.05) is 61.5 Å². The van der Waals surface area contributed by atoms with Gasteiger partial charge in [-0.25, -0.2) is 14.4 Å². The van der Waals surface area contributed by atoms with Crippen molar-refractivity contribution in [3.8, 4) is 28.7 Å². The number of aliphatic hydroxyl groups is 2. The Morgan fingerprint density at radius 2 is 1.65 bits per heavy atom. The van der Waals surface area contributed by atoms with E-state index >= 15 is 0 Å². The van der Waals surface area contributed by atoms with Gasteiger partial charge in [-0.05, 0) is 50.1 Å². The minimum atomic E-state index is -0.340. The molecule has 6 nitrogen and oxygen atoms in total. The van der Waals surface area contributed by atoms with E-state index in [2.05, 4.69) is 16.0 Å². The maximum atomic E-state index is 13.5. The average molecular weight is 522 g/mol. The lowest BCUT2D eigenvalue weighted by Crippen LogP contribution is -2.00. The number of oxazole rings is 1. The molecule has 2 N–H and O–H groups in total. The number of nitriles is 1. The standard InChI is InChI=1S/C25H20FN3OS.C2H6O2.C2H6/c1-15-7-9-18(10-8-15)23-16(2)17(3)28-25(22(23)12-27)31-14-21-13-30-24(29-21)19-5-4-6-20(26)11-19;3-1-2-4;1-2/h4-11,13H,14H2,1-3H3;3-4H,1-2H2;1-2H3. The first kappa shape index (κ1) is 29.7.